The Morgan fingerprint density at radius 2 is 2.15 bits per heavy atom. The third-order valence-corrected chi connectivity index (χ3v) is 2.60. The van der Waals surface area contributed by atoms with E-state index >= 15 is 0 Å². The first-order valence-corrected chi connectivity index (χ1v) is 4.67. The highest BCUT2D eigenvalue weighted by molar-refractivity contribution is 9.10. The van der Waals surface area contributed by atoms with E-state index in [-0.39, 0.29) is 0 Å². The summed E-state index contributed by atoms with van der Waals surface area (Å²) in [4.78, 5) is 4.26. The molecule has 13 heavy (non-hydrogen) atoms. The molecule has 0 N–H and O–H groups in total. The van der Waals surface area contributed by atoms with Gasteiger partial charge >= 0.3 is 0 Å². The van der Waals surface area contributed by atoms with Gasteiger partial charge in [0.25, 0.3) is 0 Å². The van der Waals surface area contributed by atoms with Crippen LogP contribution >= 0.6 is 15.9 Å². The average molecular weight is 246 g/mol. The van der Waals surface area contributed by atoms with Crippen molar-refractivity contribution in [3.05, 3.63) is 21.8 Å². The van der Waals surface area contributed by atoms with Crippen molar-refractivity contribution in [2.45, 2.75) is 13.5 Å². The lowest BCUT2D eigenvalue weighted by molar-refractivity contribution is 0.180. The van der Waals surface area contributed by atoms with Crippen LogP contribution in [0.25, 0.3) is 0 Å². The normalized spacial score (nSPS) is 10.2. The summed E-state index contributed by atoms with van der Waals surface area (Å²) in [5.41, 5.74) is 1.98. The van der Waals surface area contributed by atoms with E-state index in [1.165, 1.54) is 0 Å². The van der Waals surface area contributed by atoms with Gasteiger partial charge < -0.3 is 9.47 Å². The second kappa shape index (κ2) is 4.58. The van der Waals surface area contributed by atoms with Gasteiger partial charge in [-0.15, -0.1) is 0 Å². The minimum atomic E-state index is 0.502. The topological polar surface area (TPSA) is 31.4 Å². The molecule has 1 heterocycles. The number of halogens is 1. The molecule has 0 aliphatic heterocycles. The van der Waals surface area contributed by atoms with Crippen LogP contribution < -0.4 is 4.74 Å². The van der Waals surface area contributed by atoms with Crippen LogP contribution in [0.3, 0.4) is 0 Å². The molecule has 0 atom stereocenters. The van der Waals surface area contributed by atoms with Gasteiger partial charge in [-0.3, -0.25) is 0 Å². The van der Waals surface area contributed by atoms with Crippen molar-refractivity contribution >= 4 is 15.9 Å². The maximum absolute atomic E-state index is 5.04. The Bertz CT molecular complexity index is 302. The van der Waals surface area contributed by atoms with Crippen molar-refractivity contribution in [1.82, 2.24) is 4.98 Å². The van der Waals surface area contributed by atoms with Crippen LogP contribution in [0.15, 0.2) is 10.5 Å². The molecular weight excluding hydrogens is 234 g/mol. The highest BCUT2D eigenvalue weighted by Crippen LogP contribution is 2.23. The monoisotopic (exact) mass is 245 g/mol. The first kappa shape index (κ1) is 10.5. The lowest BCUT2D eigenvalue weighted by Crippen LogP contribution is -1.99. The van der Waals surface area contributed by atoms with Crippen LogP contribution in [0.4, 0.5) is 0 Å². The first-order valence-electron chi connectivity index (χ1n) is 3.88. The molecule has 72 valence electrons. The molecule has 0 aliphatic carbocycles. The van der Waals surface area contributed by atoms with Crippen LogP contribution in [0, 0.1) is 6.92 Å². The minimum Gasteiger partial charge on any atom is -0.481 e. The Morgan fingerprint density at radius 3 is 2.69 bits per heavy atom. The van der Waals surface area contributed by atoms with Gasteiger partial charge in [-0.25, -0.2) is 4.98 Å². The van der Waals surface area contributed by atoms with Gasteiger partial charge in [0, 0.05) is 17.6 Å². The molecule has 0 bridgehead atoms. The van der Waals surface area contributed by atoms with Gasteiger partial charge in [-0.2, -0.15) is 0 Å². The van der Waals surface area contributed by atoms with E-state index in [2.05, 4.69) is 20.9 Å². The summed E-state index contributed by atoms with van der Waals surface area (Å²) in [5, 5.41) is 0. The maximum atomic E-state index is 5.04. The fourth-order valence-corrected chi connectivity index (χ4v) is 1.41. The summed E-state index contributed by atoms with van der Waals surface area (Å²) < 4.78 is 11.1. The number of ether oxygens (including phenoxy) is 2. The van der Waals surface area contributed by atoms with Crippen molar-refractivity contribution in [1.29, 1.82) is 0 Å². The lowest BCUT2D eigenvalue weighted by atomic mass is 10.2. The van der Waals surface area contributed by atoms with Gasteiger partial charge in [0.1, 0.15) is 0 Å². The fourth-order valence-electron chi connectivity index (χ4n) is 0.985. The highest BCUT2D eigenvalue weighted by atomic mass is 79.9. The number of pyridine rings is 1. The highest BCUT2D eigenvalue weighted by Gasteiger charge is 2.06. The molecule has 0 radical (unpaired) electrons. The largest absolute Gasteiger partial charge is 0.481 e. The molecule has 0 aliphatic rings. The van der Waals surface area contributed by atoms with Crippen molar-refractivity contribution in [3.8, 4) is 5.88 Å². The summed E-state index contributed by atoms with van der Waals surface area (Å²) in [6.45, 7) is 2.49. The molecule has 0 aromatic carbocycles. The van der Waals surface area contributed by atoms with Crippen molar-refractivity contribution < 1.29 is 9.47 Å². The van der Waals surface area contributed by atoms with Gasteiger partial charge in [0.2, 0.25) is 5.88 Å². The fraction of sp³-hybridized carbons (Fsp3) is 0.444. The average Bonchev–Trinajstić information content (AvgIpc) is 2.13. The first-order chi connectivity index (χ1) is 6.19. The van der Waals surface area contributed by atoms with Crippen molar-refractivity contribution in [2.24, 2.45) is 0 Å². The summed E-state index contributed by atoms with van der Waals surface area (Å²) in [7, 11) is 3.25. The third kappa shape index (κ3) is 2.42. The Hall–Kier alpha value is -0.610. The quantitative estimate of drug-likeness (QED) is 0.820. The molecule has 4 heteroatoms. The predicted molar refractivity (Wildman–Crippen MR) is 53.9 cm³/mol. The van der Waals surface area contributed by atoms with E-state index in [0.717, 1.165) is 15.7 Å². The zero-order chi connectivity index (χ0) is 9.84. The van der Waals surface area contributed by atoms with Crippen LogP contribution in [0.1, 0.15) is 11.3 Å². The van der Waals surface area contributed by atoms with Crippen molar-refractivity contribution in [3.63, 3.8) is 0 Å². The summed E-state index contributed by atoms with van der Waals surface area (Å²) in [5.74, 6) is 0.601. The predicted octanol–water partition coefficient (Wildman–Crippen LogP) is 2.31. The third-order valence-electron chi connectivity index (χ3n) is 1.78. The van der Waals surface area contributed by atoms with E-state index in [1.54, 1.807) is 14.2 Å². The number of aromatic nitrogens is 1. The minimum absolute atomic E-state index is 0.502. The molecule has 0 amide bonds. The lowest BCUT2D eigenvalue weighted by Gasteiger charge is -2.08. The van der Waals surface area contributed by atoms with Crippen molar-refractivity contribution in [2.75, 3.05) is 14.2 Å². The van der Waals surface area contributed by atoms with E-state index in [0.29, 0.717) is 12.5 Å². The molecule has 1 aromatic rings. The number of hydrogen-bond acceptors (Lipinski definition) is 3. The molecule has 1 rings (SSSR count). The number of methoxy groups -OCH3 is 2. The Balaban J connectivity index is 3.09. The number of hydrogen-bond donors (Lipinski definition) is 0. The Morgan fingerprint density at radius 1 is 1.46 bits per heavy atom. The maximum Gasteiger partial charge on any atom is 0.214 e. The molecule has 0 saturated heterocycles. The molecule has 3 nitrogen and oxygen atoms in total. The summed E-state index contributed by atoms with van der Waals surface area (Å²) >= 11 is 3.43. The van der Waals surface area contributed by atoms with Crippen LogP contribution in [0.2, 0.25) is 0 Å². The second-order valence-electron chi connectivity index (χ2n) is 2.65. The van der Waals surface area contributed by atoms with Gasteiger partial charge in [0.05, 0.1) is 19.4 Å². The van der Waals surface area contributed by atoms with Crippen LogP contribution in [0.5, 0.6) is 5.88 Å². The molecule has 0 saturated carbocycles. The molecular formula is C9H12BrNO2. The van der Waals surface area contributed by atoms with Crippen LogP contribution in [-0.4, -0.2) is 19.2 Å². The standard InChI is InChI=1S/C9H12BrNO2/c1-6-7(10)4-9(13-3)11-8(6)5-12-2/h4H,5H2,1-3H3. The van der Waals surface area contributed by atoms with E-state index in [4.69, 9.17) is 9.47 Å². The summed E-state index contributed by atoms with van der Waals surface area (Å²) in [6.07, 6.45) is 0. The number of rotatable bonds is 3. The van der Waals surface area contributed by atoms with Gasteiger partial charge in [-0.1, -0.05) is 15.9 Å². The zero-order valence-corrected chi connectivity index (χ0v) is 9.51. The molecule has 0 fully saturated rings. The van der Waals surface area contributed by atoms with E-state index in [9.17, 15) is 0 Å². The Labute approximate surface area is 86.2 Å². The van der Waals surface area contributed by atoms with Gasteiger partial charge in [0.15, 0.2) is 0 Å². The zero-order valence-electron chi connectivity index (χ0n) is 7.93. The Kier molecular flexibility index (Phi) is 3.69. The SMILES string of the molecule is COCc1nc(OC)cc(Br)c1C. The molecule has 1 aromatic heterocycles. The van der Waals surface area contributed by atoms with E-state index < -0.39 is 0 Å². The molecule has 0 unspecified atom stereocenters. The molecule has 0 spiro atoms. The second-order valence-corrected chi connectivity index (χ2v) is 3.51. The summed E-state index contributed by atoms with van der Waals surface area (Å²) in [6, 6.07) is 1.84. The van der Waals surface area contributed by atoms with Gasteiger partial charge in [-0.05, 0) is 12.5 Å². The van der Waals surface area contributed by atoms with Crippen LogP contribution in [-0.2, 0) is 11.3 Å². The van der Waals surface area contributed by atoms with E-state index in [1.807, 2.05) is 13.0 Å². The smallest absolute Gasteiger partial charge is 0.214 e. The number of nitrogens with zero attached hydrogens (tertiary/aromatic N) is 1.